The molecule has 0 saturated carbocycles. The van der Waals surface area contributed by atoms with Crippen molar-refractivity contribution in [1.82, 2.24) is 9.97 Å². The second kappa shape index (κ2) is 5.35. The quantitative estimate of drug-likeness (QED) is 0.613. The monoisotopic (exact) mass is 267 g/mol. The highest BCUT2D eigenvalue weighted by Gasteiger charge is 2.29. The molecule has 104 valence electrons. The van der Waals surface area contributed by atoms with E-state index in [2.05, 4.69) is 15.3 Å². The van der Waals surface area contributed by atoms with E-state index in [1.807, 2.05) is 0 Å². The molecule has 1 aromatic heterocycles. The second-order valence-corrected chi connectivity index (χ2v) is 4.55. The van der Waals surface area contributed by atoms with Gasteiger partial charge in [-0.25, -0.2) is 4.98 Å². The molecule has 0 aromatic carbocycles. The molecule has 8 heteroatoms. The summed E-state index contributed by atoms with van der Waals surface area (Å²) in [5.74, 6) is 0.624. The number of aliphatic hydroxyl groups excluding tert-OH is 1. The zero-order valence-electron chi connectivity index (χ0n) is 11.0. The van der Waals surface area contributed by atoms with Crippen LogP contribution in [0.15, 0.2) is 0 Å². The number of nitrogens with zero attached hydrogens (tertiary/aromatic N) is 4. The lowest BCUT2D eigenvalue weighted by molar-refractivity contribution is -0.385. The first-order valence-corrected chi connectivity index (χ1v) is 6.16. The Labute approximate surface area is 110 Å². The Morgan fingerprint density at radius 1 is 1.53 bits per heavy atom. The first kappa shape index (κ1) is 13.5. The first-order chi connectivity index (χ1) is 9.02. The molecule has 2 heterocycles. The van der Waals surface area contributed by atoms with Crippen LogP contribution >= 0.6 is 0 Å². The van der Waals surface area contributed by atoms with E-state index in [4.69, 9.17) is 0 Å². The van der Waals surface area contributed by atoms with E-state index in [1.165, 1.54) is 0 Å². The minimum atomic E-state index is -0.471. The fourth-order valence-corrected chi connectivity index (χ4v) is 2.25. The number of rotatable bonds is 3. The summed E-state index contributed by atoms with van der Waals surface area (Å²) in [5, 5.41) is 23.7. The molecule has 1 saturated heterocycles. The van der Waals surface area contributed by atoms with Crippen LogP contribution in [-0.4, -0.2) is 46.2 Å². The van der Waals surface area contributed by atoms with E-state index >= 15 is 0 Å². The lowest BCUT2D eigenvalue weighted by Gasteiger charge is -2.30. The van der Waals surface area contributed by atoms with Gasteiger partial charge in [-0.1, -0.05) is 0 Å². The third kappa shape index (κ3) is 2.73. The number of aliphatic hydroxyl groups is 1. The molecule has 1 fully saturated rings. The highest BCUT2D eigenvalue weighted by Crippen LogP contribution is 2.31. The third-order valence-electron chi connectivity index (χ3n) is 3.14. The van der Waals surface area contributed by atoms with Gasteiger partial charge in [-0.3, -0.25) is 10.1 Å². The Morgan fingerprint density at radius 2 is 2.26 bits per heavy atom. The third-order valence-corrected chi connectivity index (χ3v) is 3.14. The molecule has 2 N–H and O–H groups in total. The Kier molecular flexibility index (Phi) is 3.79. The van der Waals surface area contributed by atoms with Gasteiger partial charge in [0.05, 0.1) is 11.0 Å². The average Bonchev–Trinajstić information content (AvgIpc) is 2.37. The molecule has 2 rings (SSSR count). The van der Waals surface area contributed by atoms with Crippen molar-refractivity contribution in [3.63, 3.8) is 0 Å². The molecule has 0 bridgehead atoms. The molecule has 0 radical (unpaired) electrons. The number of anilines is 2. The zero-order chi connectivity index (χ0) is 14.0. The van der Waals surface area contributed by atoms with Gasteiger partial charge in [0, 0.05) is 20.1 Å². The lowest BCUT2D eigenvalue weighted by Crippen LogP contribution is -2.39. The summed E-state index contributed by atoms with van der Waals surface area (Å²) in [6.45, 7) is 2.60. The summed E-state index contributed by atoms with van der Waals surface area (Å²) in [5.41, 5.74) is 0.229. The molecule has 1 aliphatic heterocycles. The molecule has 1 aliphatic rings. The largest absolute Gasteiger partial charge is 0.391 e. The van der Waals surface area contributed by atoms with Crippen LogP contribution in [0.5, 0.6) is 0 Å². The number of nitrogens with one attached hydrogen (secondary N) is 1. The van der Waals surface area contributed by atoms with Gasteiger partial charge in [0.2, 0.25) is 11.8 Å². The summed E-state index contributed by atoms with van der Waals surface area (Å²) in [6, 6.07) is 0. The molecule has 19 heavy (non-hydrogen) atoms. The number of hydrogen-bond acceptors (Lipinski definition) is 7. The SMILES string of the molecule is CNc1nc(C)c([N+](=O)[O-])c(N2CCCC(O)C2)n1. The average molecular weight is 267 g/mol. The highest BCUT2D eigenvalue weighted by molar-refractivity contribution is 5.62. The van der Waals surface area contributed by atoms with Crippen molar-refractivity contribution in [1.29, 1.82) is 0 Å². The molecule has 8 nitrogen and oxygen atoms in total. The molecular weight excluding hydrogens is 250 g/mol. The Balaban J connectivity index is 2.46. The van der Waals surface area contributed by atoms with E-state index in [-0.39, 0.29) is 11.5 Å². The number of aryl methyl sites for hydroxylation is 1. The minimum Gasteiger partial charge on any atom is -0.391 e. The first-order valence-electron chi connectivity index (χ1n) is 6.16. The van der Waals surface area contributed by atoms with Crippen molar-refractivity contribution in [2.75, 3.05) is 30.4 Å². The van der Waals surface area contributed by atoms with Crippen molar-refractivity contribution in [2.24, 2.45) is 0 Å². The van der Waals surface area contributed by atoms with Crippen molar-refractivity contribution in [3.8, 4) is 0 Å². The van der Waals surface area contributed by atoms with E-state index in [9.17, 15) is 15.2 Å². The summed E-state index contributed by atoms with van der Waals surface area (Å²) in [7, 11) is 1.66. The smallest absolute Gasteiger partial charge is 0.332 e. The normalized spacial score (nSPS) is 19.3. The highest BCUT2D eigenvalue weighted by atomic mass is 16.6. The van der Waals surface area contributed by atoms with Crippen LogP contribution < -0.4 is 10.2 Å². The fourth-order valence-electron chi connectivity index (χ4n) is 2.25. The number of hydrogen-bond donors (Lipinski definition) is 2. The van der Waals surface area contributed by atoms with Crippen LogP contribution in [0.2, 0.25) is 0 Å². The summed E-state index contributed by atoms with van der Waals surface area (Å²) in [6.07, 6.45) is 1.03. The minimum absolute atomic E-state index is 0.0897. The second-order valence-electron chi connectivity index (χ2n) is 4.55. The predicted molar refractivity (Wildman–Crippen MR) is 70.4 cm³/mol. The van der Waals surface area contributed by atoms with E-state index < -0.39 is 11.0 Å². The lowest BCUT2D eigenvalue weighted by atomic mass is 10.1. The molecule has 0 spiro atoms. The van der Waals surface area contributed by atoms with Crippen molar-refractivity contribution >= 4 is 17.5 Å². The van der Waals surface area contributed by atoms with Crippen LogP contribution in [0.3, 0.4) is 0 Å². The standard InChI is InChI=1S/C11H17N5O3/c1-7-9(16(18)19)10(14-11(12-2)13-7)15-5-3-4-8(17)6-15/h8,17H,3-6H2,1-2H3,(H,12,13,14). The van der Waals surface area contributed by atoms with Crippen LogP contribution in [0.1, 0.15) is 18.5 Å². The Bertz CT molecular complexity index is 493. The van der Waals surface area contributed by atoms with Gasteiger partial charge in [-0.2, -0.15) is 4.98 Å². The number of piperidine rings is 1. The Hall–Kier alpha value is -1.96. The van der Waals surface area contributed by atoms with Crippen molar-refractivity contribution in [2.45, 2.75) is 25.9 Å². The predicted octanol–water partition coefficient (Wildman–Crippen LogP) is 0.696. The van der Waals surface area contributed by atoms with Gasteiger partial charge < -0.3 is 15.3 Å². The number of nitro groups is 1. The maximum atomic E-state index is 11.2. The van der Waals surface area contributed by atoms with Gasteiger partial charge >= 0.3 is 5.69 Å². The van der Waals surface area contributed by atoms with Crippen LogP contribution in [0.4, 0.5) is 17.5 Å². The van der Waals surface area contributed by atoms with E-state index in [0.29, 0.717) is 31.2 Å². The molecule has 0 amide bonds. The molecule has 1 unspecified atom stereocenters. The Morgan fingerprint density at radius 3 is 2.84 bits per heavy atom. The van der Waals surface area contributed by atoms with Gasteiger partial charge in [0.25, 0.3) is 0 Å². The fraction of sp³-hybridized carbons (Fsp3) is 0.636. The summed E-state index contributed by atoms with van der Waals surface area (Å²) < 4.78 is 0. The maximum Gasteiger partial charge on any atom is 0.332 e. The molecular formula is C11H17N5O3. The maximum absolute atomic E-state index is 11.2. The van der Waals surface area contributed by atoms with E-state index in [1.54, 1.807) is 18.9 Å². The van der Waals surface area contributed by atoms with Gasteiger partial charge in [0.1, 0.15) is 5.69 Å². The number of aromatic nitrogens is 2. The van der Waals surface area contributed by atoms with Crippen LogP contribution in [0.25, 0.3) is 0 Å². The molecule has 0 aliphatic carbocycles. The summed E-state index contributed by atoms with van der Waals surface area (Å²) >= 11 is 0. The van der Waals surface area contributed by atoms with Crippen molar-refractivity contribution < 1.29 is 10.0 Å². The topological polar surface area (TPSA) is 104 Å². The van der Waals surface area contributed by atoms with Gasteiger partial charge in [0.15, 0.2) is 0 Å². The van der Waals surface area contributed by atoms with Gasteiger partial charge in [-0.15, -0.1) is 0 Å². The number of β-amino-alcohol motifs (C(OH)–C–C–N with tert-alkyl or cyclic N) is 1. The molecule has 1 aromatic rings. The zero-order valence-corrected chi connectivity index (χ0v) is 11.0. The van der Waals surface area contributed by atoms with E-state index in [0.717, 1.165) is 6.42 Å². The van der Waals surface area contributed by atoms with Gasteiger partial charge in [-0.05, 0) is 19.8 Å². The summed E-state index contributed by atoms with van der Waals surface area (Å²) in [4.78, 5) is 20.7. The van der Waals surface area contributed by atoms with Crippen LogP contribution in [0, 0.1) is 17.0 Å². The van der Waals surface area contributed by atoms with Crippen molar-refractivity contribution in [3.05, 3.63) is 15.8 Å². The molecule has 1 atom stereocenters. The van der Waals surface area contributed by atoms with Crippen LogP contribution in [-0.2, 0) is 0 Å².